The monoisotopic (exact) mass is 554 g/mol. The molecule has 0 spiro atoms. The van der Waals surface area contributed by atoms with Gasteiger partial charge in [0.1, 0.15) is 12.2 Å². The van der Waals surface area contributed by atoms with Gasteiger partial charge in [-0.3, -0.25) is 9.59 Å². The Morgan fingerprint density at radius 1 is 0.949 bits per heavy atom. The summed E-state index contributed by atoms with van der Waals surface area (Å²) < 4.78 is 39.4. The maximum Gasteiger partial charge on any atom is 0.311 e. The molecule has 0 amide bonds. The Labute approximate surface area is 233 Å². The van der Waals surface area contributed by atoms with Crippen molar-refractivity contribution in [1.29, 1.82) is 0 Å². The molecule has 3 saturated carbocycles. The van der Waals surface area contributed by atoms with Crippen LogP contribution in [-0.4, -0.2) is 38.3 Å². The average Bonchev–Trinajstić information content (AvgIpc) is 3.19. The number of sulfone groups is 1. The third-order valence-electron chi connectivity index (χ3n) is 9.91. The lowest BCUT2D eigenvalue weighted by Gasteiger charge is -2.55. The highest BCUT2D eigenvalue weighted by atomic mass is 32.2. The summed E-state index contributed by atoms with van der Waals surface area (Å²) in [5.41, 5.74) is 1.16. The van der Waals surface area contributed by atoms with Gasteiger partial charge in [-0.15, -0.1) is 0 Å². The molecule has 39 heavy (non-hydrogen) atoms. The lowest BCUT2D eigenvalue weighted by Crippen LogP contribution is -2.51. The summed E-state index contributed by atoms with van der Waals surface area (Å²) in [6, 6.07) is 8.74. The average molecular weight is 555 g/mol. The number of ether oxygens (including phenoxy) is 2. The van der Waals surface area contributed by atoms with Crippen LogP contribution in [0.25, 0.3) is 0 Å². The predicted molar refractivity (Wildman–Crippen MR) is 149 cm³/mol. The first-order valence-electron chi connectivity index (χ1n) is 14.3. The molecule has 0 radical (unpaired) electrons. The van der Waals surface area contributed by atoms with Crippen LogP contribution in [0.5, 0.6) is 0 Å². The van der Waals surface area contributed by atoms with Gasteiger partial charge < -0.3 is 9.47 Å². The van der Waals surface area contributed by atoms with E-state index in [0.29, 0.717) is 24.2 Å². The number of fused-ring (bicyclic) bond motifs is 5. The van der Waals surface area contributed by atoms with Crippen LogP contribution in [0, 0.1) is 28.1 Å². The zero-order valence-corrected chi connectivity index (χ0v) is 24.7. The second kappa shape index (κ2) is 9.90. The lowest BCUT2D eigenvalue weighted by atomic mass is 9.51. The summed E-state index contributed by atoms with van der Waals surface area (Å²) in [7, 11) is -3.56. The number of carbonyl (C=O) groups excluding carboxylic acids is 2. The van der Waals surface area contributed by atoms with E-state index in [-0.39, 0.29) is 47.2 Å². The van der Waals surface area contributed by atoms with Crippen LogP contribution in [0.4, 0.5) is 0 Å². The number of hydrogen-bond acceptors (Lipinski definition) is 6. The Kier molecular flexibility index (Phi) is 7.14. The highest BCUT2D eigenvalue weighted by molar-refractivity contribution is 7.91. The minimum atomic E-state index is -3.56. The van der Waals surface area contributed by atoms with Crippen LogP contribution in [0.15, 0.2) is 58.5 Å². The first kappa shape index (κ1) is 28.1. The zero-order valence-electron chi connectivity index (χ0n) is 23.9. The molecule has 4 aliphatic rings. The number of benzene rings is 1. The van der Waals surface area contributed by atoms with E-state index in [4.69, 9.17) is 9.47 Å². The summed E-state index contributed by atoms with van der Waals surface area (Å²) >= 11 is 0. The summed E-state index contributed by atoms with van der Waals surface area (Å²) in [6.07, 6.45) is 9.37. The molecule has 0 heterocycles. The zero-order chi connectivity index (χ0) is 28.2. The third-order valence-corrected chi connectivity index (χ3v) is 11.8. The van der Waals surface area contributed by atoms with Crippen molar-refractivity contribution in [2.45, 2.75) is 96.7 Å². The second-order valence-corrected chi connectivity index (χ2v) is 15.4. The SMILES string of the molecule is CC(=O)O[C@H]1CC[C@@]2(CS(=O)(=O)c3ccccc3)C(=CC=C3[C@@H]2CC[C@]2(C)[C@@H](OC(=O)C(C)(C)C)CC[C@@H]32)C1. The van der Waals surface area contributed by atoms with Gasteiger partial charge in [0.05, 0.1) is 16.1 Å². The van der Waals surface area contributed by atoms with Gasteiger partial charge in [-0.2, -0.15) is 0 Å². The fourth-order valence-corrected chi connectivity index (χ4v) is 9.83. The van der Waals surface area contributed by atoms with Crippen molar-refractivity contribution in [1.82, 2.24) is 0 Å². The van der Waals surface area contributed by atoms with Crippen LogP contribution in [0.2, 0.25) is 0 Å². The van der Waals surface area contributed by atoms with E-state index in [0.717, 1.165) is 31.3 Å². The topological polar surface area (TPSA) is 86.7 Å². The normalized spacial score (nSPS) is 34.1. The number of carbonyl (C=O) groups is 2. The van der Waals surface area contributed by atoms with Gasteiger partial charge in [0.2, 0.25) is 0 Å². The van der Waals surface area contributed by atoms with E-state index in [2.05, 4.69) is 19.1 Å². The standard InChI is InChI=1S/C32H42O6S/c1-21(33)37-23-15-18-32(20-39(35,36)24-9-7-6-8-10-24)22(19-23)11-12-25-26-13-14-28(38-29(34)30(2,3)4)31(26,5)17-16-27(25)32/h6-12,23,26-28H,13-20H2,1-5H3/t23-,26-,27-,28-,31-,32+/m0/s1. The van der Waals surface area contributed by atoms with Gasteiger partial charge in [-0.05, 0) is 83.3 Å². The van der Waals surface area contributed by atoms with E-state index < -0.39 is 20.7 Å². The molecule has 6 atom stereocenters. The molecule has 6 nitrogen and oxygen atoms in total. The maximum atomic E-state index is 13.9. The smallest absolute Gasteiger partial charge is 0.311 e. The molecule has 0 bridgehead atoms. The first-order valence-corrected chi connectivity index (χ1v) is 16.0. The van der Waals surface area contributed by atoms with Crippen molar-refractivity contribution in [2.75, 3.05) is 5.75 Å². The van der Waals surface area contributed by atoms with Crippen LogP contribution >= 0.6 is 0 Å². The molecule has 0 saturated heterocycles. The van der Waals surface area contributed by atoms with E-state index in [9.17, 15) is 18.0 Å². The van der Waals surface area contributed by atoms with Gasteiger partial charge in [0.15, 0.2) is 9.84 Å². The fraction of sp³-hybridized carbons (Fsp3) is 0.625. The summed E-state index contributed by atoms with van der Waals surface area (Å²) in [5, 5.41) is 0. The first-order chi connectivity index (χ1) is 18.3. The number of rotatable bonds is 5. The van der Waals surface area contributed by atoms with Crippen LogP contribution in [-0.2, 0) is 28.9 Å². The summed E-state index contributed by atoms with van der Waals surface area (Å²) in [5.74, 6) is -0.0622. The van der Waals surface area contributed by atoms with E-state index in [1.54, 1.807) is 24.3 Å². The quantitative estimate of drug-likeness (QED) is 0.402. The van der Waals surface area contributed by atoms with Crippen molar-refractivity contribution in [2.24, 2.45) is 28.1 Å². The van der Waals surface area contributed by atoms with Gasteiger partial charge >= 0.3 is 11.9 Å². The Bertz CT molecular complexity index is 1300. The summed E-state index contributed by atoms with van der Waals surface area (Å²) in [6.45, 7) is 9.35. The maximum absolute atomic E-state index is 13.9. The summed E-state index contributed by atoms with van der Waals surface area (Å²) in [4.78, 5) is 24.9. The minimum Gasteiger partial charge on any atom is -0.462 e. The largest absolute Gasteiger partial charge is 0.462 e. The Balaban J connectivity index is 1.50. The molecule has 7 heteroatoms. The van der Waals surface area contributed by atoms with Crippen molar-refractivity contribution in [3.05, 3.63) is 53.6 Å². The minimum absolute atomic E-state index is 0.0521. The Hall–Kier alpha value is -2.41. The molecule has 0 unspecified atom stereocenters. The molecule has 1 aromatic carbocycles. The Morgan fingerprint density at radius 2 is 1.67 bits per heavy atom. The van der Waals surface area contributed by atoms with Crippen LogP contribution < -0.4 is 0 Å². The van der Waals surface area contributed by atoms with Crippen LogP contribution in [0.3, 0.4) is 0 Å². The van der Waals surface area contributed by atoms with Gasteiger partial charge in [0.25, 0.3) is 0 Å². The van der Waals surface area contributed by atoms with Gasteiger partial charge in [-0.25, -0.2) is 8.42 Å². The van der Waals surface area contributed by atoms with E-state index in [1.165, 1.54) is 12.5 Å². The molecule has 0 aliphatic heterocycles. The molecular formula is C32H42O6S. The van der Waals surface area contributed by atoms with Crippen molar-refractivity contribution >= 4 is 21.8 Å². The molecule has 4 aliphatic carbocycles. The molecule has 0 N–H and O–H groups in total. The second-order valence-electron chi connectivity index (χ2n) is 13.4. The third kappa shape index (κ3) is 5.00. The van der Waals surface area contributed by atoms with E-state index in [1.807, 2.05) is 26.8 Å². The van der Waals surface area contributed by atoms with Crippen molar-refractivity contribution in [3.8, 4) is 0 Å². The van der Waals surface area contributed by atoms with E-state index >= 15 is 0 Å². The highest BCUT2D eigenvalue weighted by Crippen LogP contribution is 2.64. The van der Waals surface area contributed by atoms with Gasteiger partial charge in [0, 0.05) is 24.2 Å². The van der Waals surface area contributed by atoms with Crippen LogP contribution in [0.1, 0.15) is 79.6 Å². The molecule has 1 aromatic rings. The lowest BCUT2D eigenvalue weighted by molar-refractivity contribution is -0.165. The molecule has 5 rings (SSSR count). The number of esters is 2. The van der Waals surface area contributed by atoms with Gasteiger partial charge in [-0.1, -0.05) is 48.4 Å². The van der Waals surface area contributed by atoms with Crippen molar-refractivity contribution in [3.63, 3.8) is 0 Å². The van der Waals surface area contributed by atoms with Crippen molar-refractivity contribution < 1.29 is 27.5 Å². The number of hydrogen-bond donors (Lipinski definition) is 0. The number of allylic oxidation sites excluding steroid dienone is 3. The fourth-order valence-electron chi connectivity index (χ4n) is 7.89. The molecule has 0 aromatic heterocycles. The highest BCUT2D eigenvalue weighted by Gasteiger charge is 2.59. The Morgan fingerprint density at radius 3 is 2.33 bits per heavy atom. The molecule has 3 fully saturated rings. The molecular weight excluding hydrogens is 512 g/mol. The molecule has 212 valence electrons. The predicted octanol–water partition coefficient (Wildman–Crippen LogP) is 6.21.